The maximum atomic E-state index is 11.7. The Morgan fingerprint density at radius 3 is 2.61 bits per heavy atom. The van der Waals surface area contributed by atoms with Gasteiger partial charge < -0.3 is 10.2 Å². The summed E-state index contributed by atoms with van der Waals surface area (Å²) in [5.74, 6) is 0. The summed E-state index contributed by atoms with van der Waals surface area (Å²) in [6.07, 6.45) is 7.78. The molecule has 0 aromatic heterocycles. The van der Waals surface area contributed by atoms with Crippen molar-refractivity contribution in [1.29, 1.82) is 0 Å². The SMILES string of the molecule is CN(CC1CCCN1)C1CCCC(S(C)(=O)=O)C1. The van der Waals surface area contributed by atoms with Crippen LogP contribution < -0.4 is 5.32 Å². The number of likely N-dealkylation sites (N-methyl/N-ethyl adjacent to an activating group) is 1. The number of nitrogens with zero attached hydrogens (tertiary/aromatic N) is 1. The van der Waals surface area contributed by atoms with E-state index in [0.717, 1.165) is 38.8 Å². The lowest BCUT2D eigenvalue weighted by Gasteiger charge is -2.35. The summed E-state index contributed by atoms with van der Waals surface area (Å²) in [5.41, 5.74) is 0. The third-order valence-electron chi connectivity index (χ3n) is 4.50. The van der Waals surface area contributed by atoms with Crippen molar-refractivity contribution >= 4 is 9.84 Å². The molecule has 106 valence electrons. The molecule has 3 unspecified atom stereocenters. The van der Waals surface area contributed by atoms with Gasteiger partial charge in [0.05, 0.1) is 5.25 Å². The molecule has 0 aromatic rings. The minimum Gasteiger partial charge on any atom is -0.313 e. The van der Waals surface area contributed by atoms with Crippen LogP contribution in [0.5, 0.6) is 0 Å². The normalized spacial score (nSPS) is 34.1. The second-order valence-corrected chi connectivity index (χ2v) is 8.33. The van der Waals surface area contributed by atoms with Gasteiger partial charge in [-0.25, -0.2) is 8.42 Å². The van der Waals surface area contributed by atoms with Gasteiger partial charge in [0.1, 0.15) is 9.84 Å². The van der Waals surface area contributed by atoms with Crippen molar-refractivity contribution in [3.63, 3.8) is 0 Å². The Labute approximate surface area is 111 Å². The third kappa shape index (κ3) is 3.68. The van der Waals surface area contributed by atoms with Crippen LogP contribution in [0.3, 0.4) is 0 Å². The lowest BCUT2D eigenvalue weighted by atomic mass is 9.93. The number of sulfone groups is 1. The molecule has 0 aromatic carbocycles. The minimum absolute atomic E-state index is 0.116. The van der Waals surface area contributed by atoms with Gasteiger partial charge in [0.15, 0.2) is 0 Å². The Kier molecular flexibility index (Phi) is 4.67. The second-order valence-electron chi connectivity index (χ2n) is 6.00. The maximum Gasteiger partial charge on any atom is 0.150 e. The van der Waals surface area contributed by atoms with Crippen LogP contribution in [0.4, 0.5) is 0 Å². The zero-order valence-electron chi connectivity index (χ0n) is 11.6. The number of nitrogens with one attached hydrogen (secondary N) is 1. The predicted molar refractivity (Wildman–Crippen MR) is 74.5 cm³/mol. The van der Waals surface area contributed by atoms with E-state index < -0.39 is 9.84 Å². The molecular formula is C13H26N2O2S. The summed E-state index contributed by atoms with van der Waals surface area (Å²) in [7, 11) is -0.714. The van der Waals surface area contributed by atoms with Gasteiger partial charge in [0.25, 0.3) is 0 Å². The first-order valence-electron chi connectivity index (χ1n) is 7.09. The predicted octanol–water partition coefficient (Wildman–Crippen LogP) is 1.03. The molecule has 0 bridgehead atoms. The average Bonchev–Trinajstić information content (AvgIpc) is 2.81. The Morgan fingerprint density at radius 2 is 2.00 bits per heavy atom. The molecule has 2 aliphatic rings. The van der Waals surface area contributed by atoms with E-state index in [2.05, 4.69) is 17.3 Å². The largest absolute Gasteiger partial charge is 0.313 e. The van der Waals surface area contributed by atoms with Gasteiger partial charge in [-0.05, 0) is 45.7 Å². The van der Waals surface area contributed by atoms with Crippen molar-refractivity contribution in [2.75, 3.05) is 26.4 Å². The van der Waals surface area contributed by atoms with Gasteiger partial charge in [-0.1, -0.05) is 6.42 Å². The monoisotopic (exact) mass is 274 g/mol. The molecule has 1 heterocycles. The maximum absolute atomic E-state index is 11.7. The van der Waals surface area contributed by atoms with Crippen molar-refractivity contribution in [3.8, 4) is 0 Å². The molecule has 1 N–H and O–H groups in total. The molecule has 2 fully saturated rings. The van der Waals surface area contributed by atoms with Crippen molar-refractivity contribution in [3.05, 3.63) is 0 Å². The highest BCUT2D eigenvalue weighted by Crippen LogP contribution is 2.27. The highest BCUT2D eigenvalue weighted by Gasteiger charge is 2.31. The molecule has 3 atom stereocenters. The van der Waals surface area contributed by atoms with Crippen LogP contribution in [0, 0.1) is 0 Å². The van der Waals surface area contributed by atoms with Gasteiger partial charge >= 0.3 is 0 Å². The van der Waals surface area contributed by atoms with E-state index in [1.807, 2.05) is 0 Å². The lowest BCUT2D eigenvalue weighted by Crippen LogP contribution is -2.44. The molecule has 1 aliphatic carbocycles. The summed E-state index contributed by atoms with van der Waals surface area (Å²) in [6, 6.07) is 1.05. The molecular weight excluding hydrogens is 248 g/mol. The smallest absolute Gasteiger partial charge is 0.150 e. The van der Waals surface area contributed by atoms with Crippen LogP contribution >= 0.6 is 0 Å². The molecule has 1 saturated heterocycles. The van der Waals surface area contributed by atoms with Gasteiger partial charge in [0.2, 0.25) is 0 Å². The lowest BCUT2D eigenvalue weighted by molar-refractivity contribution is 0.179. The van der Waals surface area contributed by atoms with Crippen LogP contribution in [0.15, 0.2) is 0 Å². The number of rotatable bonds is 4. The van der Waals surface area contributed by atoms with Crippen LogP contribution in [0.25, 0.3) is 0 Å². The van der Waals surface area contributed by atoms with Crippen molar-refractivity contribution in [1.82, 2.24) is 10.2 Å². The Morgan fingerprint density at radius 1 is 1.22 bits per heavy atom. The molecule has 18 heavy (non-hydrogen) atoms. The van der Waals surface area contributed by atoms with Gasteiger partial charge in [-0.3, -0.25) is 0 Å². The highest BCUT2D eigenvalue weighted by molar-refractivity contribution is 7.91. The summed E-state index contributed by atoms with van der Waals surface area (Å²) < 4.78 is 23.3. The molecule has 0 spiro atoms. The first-order chi connectivity index (χ1) is 8.47. The van der Waals surface area contributed by atoms with Crippen molar-refractivity contribution in [2.45, 2.75) is 55.9 Å². The third-order valence-corrected chi connectivity index (χ3v) is 6.14. The van der Waals surface area contributed by atoms with Crippen LogP contribution in [-0.4, -0.2) is 57.0 Å². The molecule has 4 nitrogen and oxygen atoms in total. The van der Waals surface area contributed by atoms with E-state index in [0.29, 0.717) is 12.1 Å². The average molecular weight is 274 g/mol. The Hall–Kier alpha value is -0.130. The van der Waals surface area contributed by atoms with E-state index >= 15 is 0 Å². The number of hydrogen-bond donors (Lipinski definition) is 1. The minimum atomic E-state index is -2.86. The molecule has 0 amide bonds. The van der Waals surface area contributed by atoms with Crippen LogP contribution in [0.2, 0.25) is 0 Å². The standard InChI is InChI=1S/C13H26N2O2S/c1-15(10-11-5-4-8-14-11)12-6-3-7-13(9-12)18(2,16)17/h11-14H,3-10H2,1-2H3. The topological polar surface area (TPSA) is 49.4 Å². The van der Waals surface area contributed by atoms with Crippen molar-refractivity contribution in [2.24, 2.45) is 0 Å². The summed E-state index contributed by atoms with van der Waals surface area (Å²) >= 11 is 0. The molecule has 2 rings (SSSR count). The summed E-state index contributed by atoms with van der Waals surface area (Å²) in [4.78, 5) is 2.38. The Balaban J connectivity index is 1.87. The molecule has 5 heteroatoms. The molecule has 1 aliphatic heterocycles. The fraction of sp³-hybridized carbons (Fsp3) is 1.00. The molecule has 1 saturated carbocycles. The summed E-state index contributed by atoms with van der Waals surface area (Å²) in [5, 5.41) is 3.39. The van der Waals surface area contributed by atoms with Crippen LogP contribution in [-0.2, 0) is 9.84 Å². The Bertz CT molecular complexity index is 363. The van der Waals surface area contributed by atoms with Crippen LogP contribution in [0.1, 0.15) is 38.5 Å². The quantitative estimate of drug-likeness (QED) is 0.832. The summed E-state index contributed by atoms with van der Waals surface area (Å²) in [6.45, 7) is 2.19. The zero-order valence-corrected chi connectivity index (χ0v) is 12.4. The van der Waals surface area contributed by atoms with E-state index in [1.165, 1.54) is 19.1 Å². The van der Waals surface area contributed by atoms with E-state index in [1.54, 1.807) is 0 Å². The van der Waals surface area contributed by atoms with E-state index in [-0.39, 0.29) is 5.25 Å². The van der Waals surface area contributed by atoms with Gasteiger partial charge in [-0.2, -0.15) is 0 Å². The fourth-order valence-electron chi connectivity index (χ4n) is 3.32. The second kappa shape index (κ2) is 5.88. The van der Waals surface area contributed by atoms with Crippen molar-refractivity contribution < 1.29 is 8.42 Å². The van der Waals surface area contributed by atoms with E-state index in [9.17, 15) is 8.42 Å². The molecule has 0 radical (unpaired) electrons. The van der Waals surface area contributed by atoms with Gasteiger partial charge in [-0.15, -0.1) is 0 Å². The zero-order chi connectivity index (χ0) is 13.2. The fourth-order valence-corrected chi connectivity index (χ4v) is 4.49. The first kappa shape index (κ1) is 14.3. The highest BCUT2D eigenvalue weighted by atomic mass is 32.2. The van der Waals surface area contributed by atoms with Gasteiger partial charge in [0, 0.05) is 24.9 Å². The number of hydrogen-bond acceptors (Lipinski definition) is 4. The van der Waals surface area contributed by atoms with E-state index in [4.69, 9.17) is 0 Å². The first-order valence-corrected chi connectivity index (χ1v) is 9.05.